The van der Waals surface area contributed by atoms with Crippen molar-refractivity contribution >= 4 is 17.3 Å². The van der Waals surface area contributed by atoms with E-state index in [-0.39, 0.29) is 18.6 Å². The van der Waals surface area contributed by atoms with Crippen LogP contribution in [0.4, 0.5) is 11.4 Å². The van der Waals surface area contributed by atoms with E-state index in [2.05, 4.69) is 22.3 Å². The normalized spacial score (nSPS) is 16.3. The molecule has 1 amide bonds. The number of piperazine rings is 1. The number of para-hydroxylation sites is 1. The Morgan fingerprint density at radius 1 is 0.932 bits per heavy atom. The summed E-state index contributed by atoms with van der Waals surface area (Å²) < 4.78 is 34.3. The molecule has 1 fully saturated rings. The van der Waals surface area contributed by atoms with Gasteiger partial charge in [-0.3, -0.25) is 4.79 Å². The second kappa shape index (κ2) is 16.2. The summed E-state index contributed by atoms with van der Waals surface area (Å²) in [5.41, 5.74) is 2.91. The third-order valence-electron chi connectivity index (χ3n) is 7.72. The van der Waals surface area contributed by atoms with Gasteiger partial charge in [0.1, 0.15) is 29.6 Å². The minimum atomic E-state index is -0.0572. The molecule has 5 rings (SSSR count). The Kier molecular flexibility index (Phi) is 11.6. The third kappa shape index (κ3) is 8.34. The molecule has 2 heterocycles. The molecule has 236 valence electrons. The van der Waals surface area contributed by atoms with Crippen LogP contribution >= 0.6 is 0 Å². The molecular formula is C34H43N3O7. The van der Waals surface area contributed by atoms with Crippen molar-refractivity contribution in [3.63, 3.8) is 0 Å². The molecule has 3 aromatic rings. The Hall–Kier alpha value is -3.99. The lowest BCUT2D eigenvalue weighted by molar-refractivity contribution is -0.121. The minimum absolute atomic E-state index is 0.0475. The number of fused-ring (bicyclic) bond motifs is 1. The first-order chi connectivity index (χ1) is 21.7. The van der Waals surface area contributed by atoms with E-state index in [1.165, 1.54) is 0 Å². The molecule has 2 aliphatic heterocycles. The number of nitrogens with zero attached hydrogens (tertiary/aromatic N) is 2. The Labute approximate surface area is 259 Å². The molecule has 2 aliphatic rings. The Morgan fingerprint density at radius 2 is 1.77 bits per heavy atom. The van der Waals surface area contributed by atoms with E-state index in [1.807, 2.05) is 54.6 Å². The molecule has 0 radical (unpaired) electrons. The van der Waals surface area contributed by atoms with Crippen LogP contribution in [0.2, 0.25) is 0 Å². The zero-order valence-corrected chi connectivity index (χ0v) is 25.7. The highest BCUT2D eigenvalue weighted by Gasteiger charge is 2.27. The van der Waals surface area contributed by atoms with E-state index in [0.29, 0.717) is 51.1 Å². The average molecular weight is 606 g/mol. The Balaban J connectivity index is 1.10. The number of ether oxygens (including phenoxy) is 6. The first-order valence-corrected chi connectivity index (χ1v) is 15.2. The molecule has 1 saturated heterocycles. The lowest BCUT2D eigenvalue weighted by Crippen LogP contribution is -2.54. The minimum Gasteiger partial charge on any atom is -0.496 e. The second-order valence-corrected chi connectivity index (χ2v) is 10.7. The van der Waals surface area contributed by atoms with Gasteiger partial charge in [0.25, 0.3) is 5.91 Å². The number of methoxy groups -OCH3 is 2. The molecule has 1 N–H and O–H groups in total. The predicted molar refractivity (Wildman–Crippen MR) is 169 cm³/mol. The number of carbonyl (C=O) groups is 1. The first-order valence-electron chi connectivity index (χ1n) is 15.2. The molecule has 44 heavy (non-hydrogen) atoms. The number of rotatable bonds is 16. The number of amides is 1. The van der Waals surface area contributed by atoms with Gasteiger partial charge in [-0.15, -0.1) is 0 Å². The van der Waals surface area contributed by atoms with Gasteiger partial charge < -0.3 is 43.5 Å². The van der Waals surface area contributed by atoms with Gasteiger partial charge in [0.05, 0.1) is 38.7 Å². The van der Waals surface area contributed by atoms with Crippen LogP contribution in [-0.4, -0.2) is 85.4 Å². The second-order valence-electron chi connectivity index (χ2n) is 10.7. The van der Waals surface area contributed by atoms with Crippen LogP contribution in [-0.2, 0) is 20.9 Å². The van der Waals surface area contributed by atoms with Gasteiger partial charge in [-0.2, -0.15) is 0 Å². The summed E-state index contributed by atoms with van der Waals surface area (Å²) >= 11 is 0. The SMILES string of the molecule is COCCCN1C(=O)COc2ccc(OCC3CNCCN3c3ccc(OCCCOCc4ccccc4OC)cc3)cc21. The van der Waals surface area contributed by atoms with Crippen LogP contribution in [0, 0.1) is 0 Å². The standard InChI is InChI=1S/C34H43N3O7/c1-39-18-5-16-37-31-21-30(13-14-33(31)44-25-34(37)38)43-24-28-22-35-15-17-36(28)27-9-11-29(12-10-27)42-20-6-19-41-23-26-7-3-4-8-32(26)40-2/h3-4,7-14,21,28,35H,5-6,15-20,22-25H2,1-2H3. The molecule has 0 saturated carbocycles. The van der Waals surface area contributed by atoms with Gasteiger partial charge in [0.15, 0.2) is 6.61 Å². The summed E-state index contributed by atoms with van der Waals surface area (Å²) in [4.78, 5) is 16.7. The van der Waals surface area contributed by atoms with Crippen LogP contribution in [0.25, 0.3) is 0 Å². The van der Waals surface area contributed by atoms with Gasteiger partial charge in [-0.05, 0) is 48.9 Å². The fraction of sp³-hybridized carbons (Fsp3) is 0.441. The van der Waals surface area contributed by atoms with Crippen molar-refractivity contribution < 1.29 is 33.2 Å². The van der Waals surface area contributed by atoms with Crippen molar-refractivity contribution in [3.05, 3.63) is 72.3 Å². The molecule has 1 unspecified atom stereocenters. The molecule has 0 aromatic heterocycles. The lowest BCUT2D eigenvalue weighted by Gasteiger charge is -2.38. The molecule has 1 atom stereocenters. The van der Waals surface area contributed by atoms with Gasteiger partial charge in [-0.25, -0.2) is 0 Å². The number of hydrogen-bond acceptors (Lipinski definition) is 9. The molecule has 0 spiro atoms. The maximum Gasteiger partial charge on any atom is 0.265 e. The van der Waals surface area contributed by atoms with E-state index in [9.17, 15) is 4.79 Å². The van der Waals surface area contributed by atoms with Gasteiger partial charge >= 0.3 is 0 Å². The van der Waals surface area contributed by atoms with Crippen molar-refractivity contribution in [1.29, 1.82) is 0 Å². The fourth-order valence-corrected chi connectivity index (χ4v) is 5.42. The highest BCUT2D eigenvalue weighted by atomic mass is 16.5. The van der Waals surface area contributed by atoms with E-state index in [0.717, 1.165) is 60.9 Å². The largest absolute Gasteiger partial charge is 0.496 e. The number of benzene rings is 3. The van der Waals surface area contributed by atoms with Crippen LogP contribution in [0.1, 0.15) is 18.4 Å². The molecule has 10 nitrogen and oxygen atoms in total. The smallest absolute Gasteiger partial charge is 0.265 e. The molecule has 0 bridgehead atoms. The monoisotopic (exact) mass is 605 g/mol. The first kappa shape index (κ1) is 31.4. The van der Waals surface area contributed by atoms with E-state index in [4.69, 9.17) is 28.4 Å². The highest BCUT2D eigenvalue weighted by molar-refractivity contribution is 5.98. The number of nitrogens with one attached hydrogen (secondary N) is 1. The quantitative estimate of drug-likeness (QED) is 0.240. The summed E-state index contributed by atoms with van der Waals surface area (Å²) in [5.74, 6) is 3.02. The molecule has 3 aromatic carbocycles. The molecule has 0 aliphatic carbocycles. The van der Waals surface area contributed by atoms with E-state index in [1.54, 1.807) is 19.1 Å². The van der Waals surface area contributed by atoms with Crippen molar-refractivity contribution in [3.8, 4) is 23.0 Å². The maximum atomic E-state index is 12.5. The summed E-state index contributed by atoms with van der Waals surface area (Å²) in [6.45, 7) is 6.00. The van der Waals surface area contributed by atoms with Crippen LogP contribution in [0.3, 0.4) is 0 Å². The summed E-state index contributed by atoms with van der Waals surface area (Å²) in [5, 5.41) is 3.49. The van der Waals surface area contributed by atoms with Crippen LogP contribution in [0.5, 0.6) is 23.0 Å². The van der Waals surface area contributed by atoms with Crippen LogP contribution in [0.15, 0.2) is 66.7 Å². The third-order valence-corrected chi connectivity index (χ3v) is 7.72. The summed E-state index contributed by atoms with van der Waals surface area (Å²) in [6, 6.07) is 21.9. The zero-order valence-electron chi connectivity index (χ0n) is 25.7. The fourth-order valence-electron chi connectivity index (χ4n) is 5.42. The van der Waals surface area contributed by atoms with E-state index < -0.39 is 0 Å². The van der Waals surface area contributed by atoms with Gasteiger partial charge in [0.2, 0.25) is 0 Å². The van der Waals surface area contributed by atoms with Crippen molar-refractivity contribution in [1.82, 2.24) is 5.32 Å². The Morgan fingerprint density at radius 3 is 2.61 bits per heavy atom. The number of carbonyl (C=O) groups excluding carboxylic acids is 1. The maximum absolute atomic E-state index is 12.5. The zero-order chi connectivity index (χ0) is 30.6. The van der Waals surface area contributed by atoms with Crippen LogP contribution < -0.4 is 34.1 Å². The van der Waals surface area contributed by atoms with Gasteiger partial charge in [-0.1, -0.05) is 18.2 Å². The van der Waals surface area contributed by atoms with Crippen molar-refractivity contribution in [2.24, 2.45) is 0 Å². The summed E-state index contributed by atoms with van der Waals surface area (Å²) in [7, 11) is 3.33. The van der Waals surface area contributed by atoms with Crippen molar-refractivity contribution in [2.45, 2.75) is 25.5 Å². The highest BCUT2D eigenvalue weighted by Crippen LogP contribution is 2.36. The molecule has 10 heteroatoms. The predicted octanol–water partition coefficient (Wildman–Crippen LogP) is 4.30. The topological polar surface area (TPSA) is 91.0 Å². The summed E-state index contributed by atoms with van der Waals surface area (Å²) in [6.07, 6.45) is 1.54. The van der Waals surface area contributed by atoms with E-state index >= 15 is 0 Å². The van der Waals surface area contributed by atoms with Crippen molar-refractivity contribution in [2.75, 3.05) is 83.2 Å². The average Bonchev–Trinajstić information content (AvgIpc) is 3.07. The Bertz CT molecular complexity index is 1340. The lowest BCUT2D eigenvalue weighted by atomic mass is 10.1. The molecular weight excluding hydrogens is 562 g/mol. The number of anilines is 2. The number of hydrogen-bond donors (Lipinski definition) is 1. The van der Waals surface area contributed by atoms with Gasteiger partial charge in [0, 0.05) is 63.6 Å².